The molecule has 0 N–H and O–H groups in total. The summed E-state index contributed by atoms with van der Waals surface area (Å²) in [5, 5.41) is 0. The number of fused-ring (bicyclic) bond motifs is 6. The van der Waals surface area contributed by atoms with Crippen LogP contribution >= 0.6 is 0 Å². The molecule has 0 aliphatic heterocycles. The van der Waals surface area contributed by atoms with Gasteiger partial charge in [0.2, 0.25) is 0 Å². The molecule has 0 amide bonds. The third-order valence-corrected chi connectivity index (χ3v) is 14.5. The third kappa shape index (κ3) is 17.0. The van der Waals surface area contributed by atoms with E-state index in [0.717, 1.165) is 25.7 Å². The molecule has 0 atom stereocenters. The molecule has 4 aliphatic carbocycles. The van der Waals surface area contributed by atoms with E-state index in [2.05, 4.69) is 321 Å². The van der Waals surface area contributed by atoms with Crippen molar-refractivity contribution in [1.29, 1.82) is 0 Å². The minimum atomic E-state index is 0. The molecule has 14 rings (SSSR count). The Morgan fingerprint density at radius 2 is 0.650 bits per heavy atom. The zero-order valence-corrected chi connectivity index (χ0v) is 49.8. The van der Waals surface area contributed by atoms with Crippen LogP contribution in [0.2, 0.25) is 0 Å². The van der Waals surface area contributed by atoms with E-state index in [4.69, 9.17) is 0 Å². The van der Waals surface area contributed by atoms with Gasteiger partial charge in [-0.25, -0.2) is 24.3 Å². The number of rotatable bonds is 6. The summed E-state index contributed by atoms with van der Waals surface area (Å²) in [6, 6.07) is 92.8. The van der Waals surface area contributed by atoms with Crippen LogP contribution in [0, 0.1) is 24.3 Å². The van der Waals surface area contributed by atoms with Crippen molar-refractivity contribution < 1.29 is 64.8 Å². The molecule has 0 heterocycles. The number of halogens is 2. The Bertz CT molecular complexity index is 3250. The summed E-state index contributed by atoms with van der Waals surface area (Å²) in [4.78, 5) is 0. The van der Waals surface area contributed by atoms with Gasteiger partial charge < -0.3 is 24.8 Å². The first-order chi connectivity index (χ1) is 38.4. The molecule has 0 nitrogen and oxygen atoms in total. The average molecular weight is 1140 g/mol. The van der Waals surface area contributed by atoms with Gasteiger partial charge in [0.15, 0.2) is 0 Å². The molecule has 0 unspecified atom stereocenters. The Morgan fingerprint density at radius 1 is 0.338 bits per heavy atom. The van der Waals surface area contributed by atoms with Crippen LogP contribution in [0.15, 0.2) is 279 Å². The van der Waals surface area contributed by atoms with Crippen molar-refractivity contribution in [2.75, 3.05) is 0 Å². The zero-order valence-electron chi connectivity index (χ0n) is 45.1. The second-order valence-corrected chi connectivity index (χ2v) is 21.4. The molecule has 10 aromatic carbocycles. The molecule has 0 fully saturated rings. The maximum Gasteiger partial charge on any atom is -0.0181 e. The molecule has 4 heteroatoms. The summed E-state index contributed by atoms with van der Waals surface area (Å²) in [6.07, 6.45) is 21.9. The Morgan fingerprint density at radius 3 is 0.925 bits per heavy atom. The number of benzene rings is 10. The average Bonchev–Trinajstić information content (AvgIpc) is 4.39. The van der Waals surface area contributed by atoms with Crippen LogP contribution in [0.25, 0.3) is 66.8 Å². The first-order valence-corrected chi connectivity index (χ1v) is 28.2. The third-order valence-electron chi connectivity index (χ3n) is 13.5. The molecule has 0 saturated carbocycles. The molecular weight excluding hydrogens is 1080 g/mol. The molecular formula is C76H60Cl2Ti2-2. The van der Waals surface area contributed by atoms with Gasteiger partial charge in [0.25, 0.3) is 0 Å². The second kappa shape index (κ2) is 31.6. The first kappa shape index (κ1) is 60.5. The summed E-state index contributed by atoms with van der Waals surface area (Å²) in [5.41, 5.74) is 23.4. The van der Waals surface area contributed by atoms with Crippen molar-refractivity contribution in [3.63, 3.8) is 0 Å². The van der Waals surface area contributed by atoms with Gasteiger partial charge in [0, 0.05) is 0 Å². The van der Waals surface area contributed by atoms with Crippen molar-refractivity contribution in [3.05, 3.63) is 337 Å². The monoisotopic (exact) mass is 1140 g/mol. The SMILES string of the molecule is C[C](=[Ti+2])c1ccccc1.C[C](=[Ti+2])c1ccccc1.[C-]1=CC=CC1.[C-]1=CC=CC1.[Cl-].[Cl-].[c-]1c(-c2ccccc2)ccc2c1Cc1cc(-c3ccccc3)ccc1-2.[c-]1c(-c2ccccc2)ccc2c1Cc1cc(-c3ccccc3)ccc1-2. The first-order valence-electron chi connectivity index (χ1n) is 26.6. The predicted octanol–water partition coefficient (Wildman–Crippen LogP) is 13.0. The summed E-state index contributed by atoms with van der Waals surface area (Å²) < 4.78 is 2.74. The van der Waals surface area contributed by atoms with E-state index in [9.17, 15) is 0 Å². The Kier molecular flexibility index (Phi) is 23.9. The van der Waals surface area contributed by atoms with E-state index in [1.807, 2.05) is 36.4 Å². The summed E-state index contributed by atoms with van der Waals surface area (Å²) in [7, 11) is 0. The van der Waals surface area contributed by atoms with Crippen molar-refractivity contribution in [2.45, 2.75) is 39.5 Å². The topological polar surface area (TPSA) is 0 Å². The van der Waals surface area contributed by atoms with Crippen LogP contribution in [-0.2, 0) is 52.8 Å². The van der Waals surface area contributed by atoms with Crippen molar-refractivity contribution in [1.82, 2.24) is 0 Å². The zero-order chi connectivity index (χ0) is 53.7. The fourth-order valence-corrected chi connectivity index (χ4v) is 10.0. The van der Waals surface area contributed by atoms with Crippen LogP contribution in [-0.4, -0.2) is 7.62 Å². The second-order valence-electron chi connectivity index (χ2n) is 19.1. The van der Waals surface area contributed by atoms with Crippen molar-refractivity contribution in [3.8, 4) is 66.8 Å². The van der Waals surface area contributed by atoms with Crippen LogP contribution in [0.3, 0.4) is 0 Å². The number of hydrogen-bond acceptors (Lipinski definition) is 0. The van der Waals surface area contributed by atoms with Gasteiger partial charge in [0.1, 0.15) is 0 Å². The standard InChI is InChI=1S/2C25H17.2C8H8.2C5H5.2ClH.2Ti/c2*1-3-7-18(8-4-1)20-11-13-24-22(15-20)17-23-16-21(12-14-25(23)24)19-9-5-2-6-10-19;2*1-2-8-6-4-3-5-7-8;2*1-2-4-5-3-1;;;;/h2*1-15H,17H2;2*3-7H,1H3;2*1-3H,4H2;2*1H;;/q2*-1;;;2*-1;;;2*+2/p-2. The van der Waals surface area contributed by atoms with Gasteiger partial charge in [-0.3, -0.25) is 12.2 Å². The van der Waals surface area contributed by atoms with E-state index >= 15 is 0 Å². The predicted molar refractivity (Wildman–Crippen MR) is 324 cm³/mol. The van der Waals surface area contributed by atoms with E-state index in [0.29, 0.717) is 0 Å². The van der Waals surface area contributed by atoms with E-state index in [-0.39, 0.29) is 24.8 Å². The van der Waals surface area contributed by atoms with Gasteiger partial charge in [-0.15, -0.1) is 71.5 Å². The maximum atomic E-state index is 3.65. The molecule has 388 valence electrons. The van der Waals surface area contributed by atoms with Gasteiger partial charge in [0.05, 0.1) is 0 Å². The minimum absolute atomic E-state index is 0. The molecule has 0 radical (unpaired) electrons. The summed E-state index contributed by atoms with van der Waals surface area (Å²) in [5.74, 6) is 0. The Hall–Kier alpha value is -7.09. The summed E-state index contributed by atoms with van der Waals surface area (Å²) >= 11 is 4.24. The molecule has 0 saturated heterocycles. The number of allylic oxidation sites excluding steroid dienone is 8. The van der Waals surface area contributed by atoms with Gasteiger partial charge >= 0.3 is 133 Å². The molecule has 0 aromatic heterocycles. The number of hydrogen-bond donors (Lipinski definition) is 0. The van der Waals surface area contributed by atoms with Crippen LogP contribution in [0.4, 0.5) is 0 Å². The van der Waals surface area contributed by atoms with Gasteiger partial charge in [-0.2, -0.15) is 12.2 Å². The van der Waals surface area contributed by atoms with Gasteiger partial charge in [-0.05, 0) is 46.2 Å². The van der Waals surface area contributed by atoms with Gasteiger partial charge in [-0.1, -0.05) is 191 Å². The summed E-state index contributed by atoms with van der Waals surface area (Å²) in [6.45, 7) is 4.24. The molecule has 4 aliphatic rings. The maximum absolute atomic E-state index is 3.65. The van der Waals surface area contributed by atoms with Crippen LogP contribution < -0.4 is 24.8 Å². The fourth-order valence-electron chi connectivity index (χ4n) is 9.50. The van der Waals surface area contributed by atoms with Crippen LogP contribution in [0.1, 0.15) is 60.1 Å². The van der Waals surface area contributed by atoms with Crippen LogP contribution in [0.5, 0.6) is 0 Å². The fraction of sp³-hybridized carbons (Fsp3) is 0.0789. The van der Waals surface area contributed by atoms with Crippen molar-refractivity contribution >= 4 is 7.62 Å². The molecule has 10 aromatic rings. The molecule has 0 bridgehead atoms. The van der Waals surface area contributed by atoms with E-state index < -0.39 is 0 Å². The quantitative estimate of drug-likeness (QED) is 0.115. The van der Waals surface area contributed by atoms with Crippen molar-refractivity contribution in [2.24, 2.45) is 0 Å². The van der Waals surface area contributed by atoms with E-state index in [1.165, 1.54) is 108 Å². The largest absolute Gasteiger partial charge is 1.00 e. The minimum Gasteiger partial charge on any atom is -1.00 e. The Balaban J connectivity index is 0.000000155. The Labute approximate surface area is 511 Å². The molecule has 0 spiro atoms. The smallest absolute Gasteiger partial charge is 0.0181 e. The van der Waals surface area contributed by atoms with E-state index in [1.54, 1.807) is 0 Å². The molecule has 80 heavy (non-hydrogen) atoms. The normalized spacial score (nSPS) is 11.7.